The maximum absolute atomic E-state index is 10.3. The molecule has 2 atom stereocenters. The van der Waals surface area contributed by atoms with Crippen LogP contribution in [0.2, 0.25) is 0 Å². The third kappa shape index (κ3) is 2.81. The highest BCUT2D eigenvalue weighted by Gasteiger charge is 2.18. The van der Waals surface area contributed by atoms with Crippen LogP contribution in [0.4, 0.5) is 0 Å². The quantitative estimate of drug-likeness (QED) is 0.314. The zero-order valence-corrected chi connectivity index (χ0v) is 5.80. The molecule has 0 aromatic heterocycles. The first-order valence-corrected chi connectivity index (χ1v) is 2.84. The van der Waals surface area contributed by atoms with E-state index in [9.17, 15) is 4.79 Å². The van der Waals surface area contributed by atoms with Gasteiger partial charge in [-0.3, -0.25) is 4.79 Å². The van der Waals surface area contributed by atoms with Gasteiger partial charge in [0.05, 0.1) is 6.10 Å². The highest BCUT2D eigenvalue weighted by molar-refractivity contribution is 7.96. The number of hydroxylamine groups is 1. The predicted octanol–water partition coefficient (Wildman–Crippen LogP) is -0.829. The fourth-order valence-corrected chi connectivity index (χ4v) is 0.643. The number of rotatable bonds is 3. The van der Waals surface area contributed by atoms with E-state index in [1.165, 1.54) is 6.92 Å². The van der Waals surface area contributed by atoms with Crippen molar-refractivity contribution in [2.75, 3.05) is 0 Å². The van der Waals surface area contributed by atoms with E-state index in [-0.39, 0.29) is 0 Å². The van der Waals surface area contributed by atoms with Crippen molar-refractivity contribution < 1.29 is 15.1 Å². The zero-order valence-electron chi connectivity index (χ0n) is 4.90. The van der Waals surface area contributed by atoms with Crippen LogP contribution in [-0.4, -0.2) is 27.6 Å². The number of carbonyl (C=O) groups excluding carboxylic acids is 1. The van der Waals surface area contributed by atoms with Gasteiger partial charge in [-0.15, -0.1) is 12.6 Å². The van der Waals surface area contributed by atoms with Crippen LogP contribution in [0.5, 0.6) is 0 Å². The maximum atomic E-state index is 10.3. The van der Waals surface area contributed by atoms with Crippen molar-refractivity contribution in [3.63, 3.8) is 0 Å². The summed E-state index contributed by atoms with van der Waals surface area (Å²) >= 11 is 3.39. The van der Waals surface area contributed by atoms with Gasteiger partial charge >= 0.3 is 0 Å². The first kappa shape index (κ1) is 8.90. The molecule has 0 aliphatic carbocycles. The molecule has 0 amide bonds. The monoisotopic (exact) mass is 151 g/mol. The second kappa shape index (κ2) is 3.84. The minimum Gasteiger partial charge on any atom is -0.391 e. The van der Waals surface area contributed by atoms with E-state index in [1.807, 2.05) is 0 Å². The van der Waals surface area contributed by atoms with Crippen molar-refractivity contribution in [1.29, 1.82) is 0 Å². The van der Waals surface area contributed by atoms with E-state index >= 15 is 0 Å². The largest absolute Gasteiger partial charge is 0.391 e. The van der Waals surface area contributed by atoms with Crippen molar-refractivity contribution in [2.24, 2.45) is 0 Å². The smallest absolute Gasteiger partial charge is 0.207 e. The van der Waals surface area contributed by atoms with Crippen molar-refractivity contribution in [3.8, 4) is 0 Å². The van der Waals surface area contributed by atoms with Crippen LogP contribution in [-0.2, 0) is 4.79 Å². The molecule has 0 saturated heterocycles. The summed E-state index contributed by atoms with van der Waals surface area (Å²) in [4.78, 5) is 10.3. The van der Waals surface area contributed by atoms with E-state index in [2.05, 4.69) is 12.6 Å². The average molecular weight is 151 g/mol. The van der Waals surface area contributed by atoms with Crippen LogP contribution in [0.15, 0.2) is 0 Å². The number of hydrogen-bond donors (Lipinski definition) is 4. The van der Waals surface area contributed by atoms with E-state index in [0.29, 0.717) is 0 Å². The Bertz CT molecular complexity index is 106. The van der Waals surface area contributed by atoms with Gasteiger partial charge in [-0.25, -0.2) is 0 Å². The molecule has 0 aromatic carbocycles. The Hall–Kier alpha value is -0.100. The van der Waals surface area contributed by atoms with Gasteiger partial charge in [0.15, 0.2) is 0 Å². The van der Waals surface area contributed by atoms with Crippen molar-refractivity contribution >= 4 is 17.7 Å². The molecule has 54 valence electrons. The average Bonchev–Trinajstić information content (AvgIpc) is 1.64. The third-order valence-electron chi connectivity index (χ3n) is 0.888. The third-order valence-corrected chi connectivity index (χ3v) is 1.17. The Morgan fingerprint density at radius 2 is 2.22 bits per heavy atom. The number of carbonyl (C=O) groups is 1. The highest BCUT2D eigenvalue weighted by Crippen LogP contribution is 1.95. The van der Waals surface area contributed by atoms with Gasteiger partial charge in [0.1, 0.15) is 6.04 Å². The Balaban J connectivity index is 3.83. The van der Waals surface area contributed by atoms with Gasteiger partial charge < -0.3 is 10.3 Å². The molecule has 0 aliphatic rings. The molecule has 0 aromatic rings. The molecule has 0 bridgehead atoms. The number of aliphatic hydroxyl groups is 1. The Morgan fingerprint density at radius 1 is 1.78 bits per heavy atom. The molecule has 0 rings (SSSR count). The zero-order chi connectivity index (χ0) is 7.44. The van der Waals surface area contributed by atoms with Crippen molar-refractivity contribution in [2.45, 2.75) is 19.1 Å². The second-order valence-electron chi connectivity index (χ2n) is 1.69. The molecule has 0 fully saturated rings. The molecule has 0 spiro atoms. The normalized spacial score (nSPS) is 16.9. The standard InChI is InChI=1S/C4H9NO3S/c1-2(6)3(5-8)4(7)9/h2-3,5-6,8H,1H3,(H,7,9)/t2-,3+/m1/s1. The van der Waals surface area contributed by atoms with Crippen LogP contribution in [0, 0.1) is 0 Å². The van der Waals surface area contributed by atoms with Gasteiger partial charge in [-0.05, 0) is 6.92 Å². The molecule has 0 unspecified atom stereocenters. The van der Waals surface area contributed by atoms with Crippen LogP contribution in [0.25, 0.3) is 0 Å². The van der Waals surface area contributed by atoms with E-state index < -0.39 is 17.3 Å². The van der Waals surface area contributed by atoms with Gasteiger partial charge in [0, 0.05) is 0 Å². The van der Waals surface area contributed by atoms with E-state index in [0.717, 1.165) is 0 Å². The molecule has 4 nitrogen and oxygen atoms in total. The highest BCUT2D eigenvalue weighted by atomic mass is 32.1. The van der Waals surface area contributed by atoms with Gasteiger partial charge in [0.2, 0.25) is 5.12 Å². The Labute approximate surface area is 58.2 Å². The molecule has 5 heteroatoms. The summed E-state index contributed by atoms with van der Waals surface area (Å²) in [6.07, 6.45) is -0.931. The Morgan fingerprint density at radius 3 is 2.22 bits per heavy atom. The summed E-state index contributed by atoms with van der Waals surface area (Å²) < 4.78 is 0. The van der Waals surface area contributed by atoms with E-state index in [1.54, 1.807) is 5.48 Å². The minimum atomic E-state index is -0.992. The lowest BCUT2D eigenvalue weighted by atomic mass is 10.2. The number of thiol groups is 1. The van der Waals surface area contributed by atoms with Gasteiger partial charge in [0.25, 0.3) is 0 Å². The van der Waals surface area contributed by atoms with Crippen LogP contribution >= 0.6 is 12.6 Å². The molecule has 3 N–H and O–H groups in total. The number of hydrogen-bond acceptors (Lipinski definition) is 4. The first-order chi connectivity index (χ1) is 4.09. The summed E-state index contributed by atoms with van der Waals surface area (Å²) in [6, 6.07) is -0.992. The fraction of sp³-hybridized carbons (Fsp3) is 0.750. The molecule has 9 heavy (non-hydrogen) atoms. The molecule has 0 saturated carbocycles. The summed E-state index contributed by atoms with van der Waals surface area (Å²) in [5.74, 6) is 0. The molecule has 0 heterocycles. The topological polar surface area (TPSA) is 69.6 Å². The predicted molar refractivity (Wildman–Crippen MR) is 34.4 cm³/mol. The van der Waals surface area contributed by atoms with Gasteiger partial charge in [-0.2, -0.15) is 5.48 Å². The van der Waals surface area contributed by atoms with Crippen molar-refractivity contribution in [1.82, 2.24) is 5.48 Å². The number of nitrogens with one attached hydrogen (secondary N) is 1. The summed E-state index contributed by atoms with van der Waals surface area (Å²) in [5, 5.41) is 16.3. The van der Waals surface area contributed by atoms with Crippen molar-refractivity contribution in [3.05, 3.63) is 0 Å². The lowest BCUT2D eigenvalue weighted by Gasteiger charge is -2.12. The van der Waals surface area contributed by atoms with Crippen LogP contribution in [0.1, 0.15) is 6.92 Å². The molecular weight excluding hydrogens is 142 g/mol. The fourth-order valence-electron chi connectivity index (χ4n) is 0.369. The summed E-state index contributed by atoms with van der Waals surface area (Å²) in [6.45, 7) is 1.38. The van der Waals surface area contributed by atoms with Crippen LogP contribution in [0.3, 0.4) is 0 Å². The second-order valence-corrected chi connectivity index (χ2v) is 2.13. The minimum absolute atomic E-state index is 0.590. The molecular formula is C4H9NO3S. The maximum Gasteiger partial charge on any atom is 0.207 e. The Kier molecular flexibility index (Phi) is 3.79. The first-order valence-electron chi connectivity index (χ1n) is 2.40. The summed E-state index contributed by atoms with van der Waals surface area (Å²) in [7, 11) is 0. The molecule has 0 radical (unpaired) electrons. The SMILES string of the molecule is C[C@@H](O)[C@H](NO)C(=O)S. The van der Waals surface area contributed by atoms with Crippen LogP contribution < -0.4 is 5.48 Å². The lowest BCUT2D eigenvalue weighted by molar-refractivity contribution is -0.118. The van der Waals surface area contributed by atoms with E-state index in [4.69, 9.17) is 10.3 Å². The summed E-state index contributed by atoms with van der Waals surface area (Å²) in [5.41, 5.74) is 1.62. The lowest BCUT2D eigenvalue weighted by Crippen LogP contribution is -2.40. The molecule has 0 aliphatic heterocycles. The number of aliphatic hydroxyl groups excluding tert-OH is 1. The van der Waals surface area contributed by atoms with Gasteiger partial charge in [-0.1, -0.05) is 0 Å².